The number of benzene rings is 1. The first-order chi connectivity index (χ1) is 9.65. The first-order valence-electron chi connectivity index (χ1n) is 6.32. The van der Waals surface area contributed by atoms with Gasteiger partial charge in [-0.25, -0.2) is 9.18 Å². The van der Waals surface area contributed by atoms with Crippen LogP contribution in [0.5, 0.6) is 0 Å². The van der Waals surface area contributed by atoms with Crippen molar-refractivity contribution >= 4 is 11.7 Å². The molecule has 106 valence electrons. The fourth-order valence-corrected chi connectivity index (χ4v) is 2.29. The highest BCUT2D eigenvalue weighted by Crippen LogP contribution is 2.24. The van der Waals surface area contributed by atoms with Crippen molar-refractivity contribution in [3.05, 3.63) is 40.0 Å². The number of carbonyl (C=O) groups is 1. The lowest BCUT2D eigenvalue weighted by Gasteiger charge is -2.32. The van der Waals surface area contributed by atoms with Crippen LogP contribution in [0, 0.1) is 5.82 Å². The van der Waals surface area contributed by atoms with Gasteiger partial charge in [0.15, 0.2) is 0 Å². The molecule has 0 aromatic heterocycles. The molecule has 0 saturated carbocycles. The maximum atomic E-state index is 13.6. The third-order valence-electron chi connectivity index (χ3n) is 3.40. The van der Waals surface area contributed by atoms with Crippen molar-refractivity contribution in [3.8, 4) is 0 Å². The molecule has 1 fully saturated rings. The topological polar surface area (TPSA) is 78.3 Å². The fraction of sp³-hybridized carbons (Fsp3) is 0.462. The van der Waals surface area contributed by atoms with Gasteiger partial charge in [0.1, 0.15) is 5.82 Å². The van der Waals surface area contributed by atoms with E-state index in [0.29, 0.717) is 13.1 Å². The smallest absolute Gasteiger partial charge is 0.340 e. The molecule has 6 nitrogen and oxygen atoms in total. The van der Waals surface area contributed by atoms with Crippen LogP contribution in [0.1, 0.15) is 23.2 Å². The predicted molar refractivity (Wildman–Crippen MR) is 72.1 cm³/mol. The molecule has 1 aromatic rings. The van der Waals surface area contributed by atoms with E-state index < -0.39 is 11.8 Å². The summed E-state index contributed by atoms with van der Waals surface area (Å²) in [7, 11) is 1.22. The molecule has 0 atom stereocenters. The van der Waals surface area contributed by atoms with E-state index in [-0.39, 0.29) is 11.6 Å². The van der Waals surface area contributed by atoms with E-state index in [0.717, 1.165) is 18.5 Å². The molecule has 0 N–H and O–H groups in total. The minimum atomic E-state index is -0.687. The van der Waals surface area contributed by atoms with Crippen LogP contribution in [-0.2, 0) is 4.74 Å². The second-order valence-corrected chi connectivity index (χ2v) is 4.58. The SMILES string of the molecule is COC(=O)c1cc(N2CCC(N=[N+]=[N-])CC2)ccc1F. The van der Waals surface area contributed by atoms with Crippen LogP contribution in [0.25, 0.3) is 10.4 Å². The normalized spacial score (nSPS) is 15.6. The van der Waals surface area contributed by atoms with E-state index in [9.17, 15) is 9.18 Å². The lowest BCUT2D eigenvalue weighted by molar-refractivity contribution is 0.0595. The largest absolute Gasteiger partial charge is 0.465 e. The average Bonchev–Trinajstić information content (AvgIpc) is 2.48. The van der Waals surface area contributed by atoms with Gasteiger partial charge in [-0.1, -0.05) is 5.11 Å². The molecule has 0 aliphatic carbocycles. The average molecular weight is 278 g/mol. The van der Waals surface area contributed by atoms with Gasteiger partial charge in [0, 0.05) is 29.7 Å². The molecule has 1 aromatic carbocycles. The first-order valence-corrected chi connectivity index (χ1v) is 6.32. The summed E-state index contributed by atoms with van der Waals surface area (Å²) in [6, 6.07) is 4.41. The Labute approximate surface area is 115 Å². The second kappa shape index (κ2) is 6.25. The molecule has 1 heterocycles. The molecule has 0 unspecified atom stereocenters. The lowest BCUT2D eigenvalue weighted by atomic mass is 10.0. The Morgan fingerprint density at radius 1 is 1.50 bits per heavy atom. The van der Waals surface area contributed by atoms with Crippen molar-refractivity contribution in [1.82, 2.24) is 0 Å². The Bertz CT molecular complexity index is 549. The number of piperidine rings is 1. The van der Waals surface area contributed by atoms with Crippen LogP contribution >= 0.6 is 0 Å². The number of carbonyl (C=O) groups excluding carboxylic acids is 1. The molecular weight excluding hydrogens is 263 g/mol. The van der Waals surface area contributed by atoms with Crippen LogP contribution in [0.4, 0.5) is 10.1 Å². The summed E-state index contributed by atoms with van der Waals surface area (Å²) in [4.78, 5) is 16.3. The third kappa shape index (κ3) is 3.00. The lowest BCUT2D eigenvalue weighted by Crippen LogP contribution is -2.35. The van der Waals surface area contributed by atoms with Gasteiger partial charge in [0.05, 0.1) is 12.7 Å². The number of nitrogens with zero attached hydrogens (tertiary/aromatic N) is 4. The van der Waals surface area contributed by atoms with Gasteiger partial charge >= 0.3 is 5.97 Å². The maximum absolute atomic E-state index is 13.6. The third-order valence-corrected chi connectivity index (χ3v) is 3.40. The zero-order chi connectivity index (χ0) is 14.5. The Hall–Kier alpha value is -2.27. The van der Waals surface area contributed by atoms with Crippen LogP contribution in [-0.4, -0.2) is 32.2 Å². The van der Waals surface area contributed by atoms with Crippen LogP contribution < -0.4 is 4.90 Å². The number of methoxy groups -OCH3 is 1. The summed E-state index contributed by atoms with van der Waals surface area (Å²) >= 11 is 0. The zero-order valence-electron chi connectivity index (χ0n) is 11.1. The minimum absolute atomic E-state index is 0.0109. The summed E-state index contributed by atoms with van der Waals surface area (Å²) in [6.07, 6.45) is 1.49. The van der Waals surface area contributed by atoms with Crippen LogP contribution in [0.2, 0.25) is 0 Å². The molecule has 0 amide bonds. The molecule has 0 spiro atoms. The summed E-state index contributed by atoms with van der Waals surface area (Å²) in [5.74, 6) is -1.28. The van der Waals surface area contributed by atoms with Gasteiger partial charge in [-0.2, -0.15) is 0 Å². The number of azide groups is 1. The van der Waals surface area contributed by atoms with E-state index >= 15 is 0 Å². The molecule has 0 radical (unpaired) electrons. The standard InChI is InChI=1S/C13H15FN4O2/c1-20-13(19)11-8-10(2-3-12(11)14)18-6-4-9(5-7-18)16-17-15/h2-3,8-9H,4-7H2,1H3. The second-order valence-electron chi connectivity index (χ2n) is 4.58. The highest BCUT2D eigenvalue weighted by atomic mass is 19.1. The van der Waals surface area contributed by atoms with Crippen LogP contribution in [0.3, 0.4) is 0 Å². The Morgan fingerprint density at radius 2 is 2.20 bits per heavy atom. The maximum Gasteiger partial charge on any atom is 0.340 e. The Morgan fingerprint density at radius 3 is 2.80 bits per heavy atom. The van der Waals surface area contributed by atoms with Gasteiger partial charge in [0.25, 0.3) is 0 Å². The fourth-order valence-electron chi connectivity index (χ4n) is 2.29. The molecule has 0 bridgehead atoms. The molecule has 2 rings (SSSR count). The van der Waals surface area contributed by atoms with E-state index in [1.165, 1.54) is 19.2 Å². The van der Waals surface area contributed by atoms with Crippen LogP contribution in [0.15, 0.2) is 23.3 Å². The van der Waals surface area contributed by atoms with Gasteiger partial charge < -0.3 is 9.64 Å². The first kappa shape index (κ1) is 14.1. The summed E-state index contributed by atoms with van der Waals surface area (Å²) in [5, 5.41) is 3.70. The number of esters is 1. The predicted octanol–water partition coefficient (Wildman–Crippen LogP) is 2.89. The highest BCUT2D eigenvalue weighted by molar-refractivity contribution is 5.90. The van der Waals surface area contributed by atoms with Gasteiger partial charge in [-0.3, -0.25) is 0 Å². The zero-order valence-corrected chi connectivity index (χ0v) is 11.1. The Balaban J connectivity index is 2.14. The van der Waals surface area contributed by atoms with Crippen molar-refractivity contribution in [2.24, 2.45) is 5.11 Å². The minimum Gasteiger partial charge on any atom is -0.465 e. The summed E-state index contributed by atoms with van der Waals surface area (Å²) in [6.45, 7) is 1.41. The number of anilines is 1. The van der Waals surface area contributed by atoms with E-state index in [2.05, 4.69) is 14.8 Å². The van der Waals surface area contributed by atoms with E-state index in [1.807, 2.05) is 4.90 Å². The van der Waals surface area contributed by atoms with Gasteiger partial charge in [-0.15, -0.1) is 0 Å². The van der Waals surface area contributed by atoms with E-state index in [4.69, 9.17) is 5.53 Å². The number of hydrogen-bond acceptors (Lipinski definition) is 4. The Kier molecular flexibility index (Phi) is 4.42. The molecule has 1 saturated heterocycles. The molecule has 7 heteroatoms. The molecule has 20 heavy (non-hydrogen) atoms. The monoisotopic (exact) mass is 278 g/mol. The van der Waals surface area contributed by atoms with Crippen molar-refractivity contribution < 1.29 is 13.9 Å². The molecular formula is C13H15FN4O2. The van der Waals surface area contributed by atoms with Gasteiger partial charge in [-0.05, 0) is 36.6 Å². The number of ether oxygens (including phenoxy) is 1. The number of halogens is 1. The summed E-state index contributed by atoms with van der Waals surface area (Å²) < 4.78 is 18.1. The van der Waals surface area contributed by atoms with Crippen molar-refractivity contribution in [2.75, 3.05) is 25.1 Å². The number of rotatable bonds is 3. The number of hydrogen-bond donors (Lipinski definition) is 0. The van der Waals surface area contributed by atoms with Gasteiger partial charge in [0.2, 0.25) is 0 Å². The van der Waals surface area contributed by atoms with Crippen molar-refractivity contribution in [2.45, 2.75) is 18.9 Å². The quantitative estimate of drug-likeness (QED) is 0.369. The van der Waals surface area contributed by atoms with Crippen molar-refractivity contribution in [3.63, 3.8) is 0 Å². The van der Waals surface area contributed by atoms with E-state index in [1.54, 1.807) is 6.07 Å². The highest BCUT2D eigenvalue weighted by Gasteiger charge is 2.20. The molecule has 1 aliphatic heterocycles. The summed E-state index contributed by atoms with van der Waals surface area (Å²) in [5.41, 5.74) is 9.11. The molecule has 1 aliphatic rings. The van der Waals surface area contributed by atoms with Crippen molar-refractivity contribution in [1.29, 1.82) is 0 Å².